The second-order valence-electron chi connectivity index (χ2n) is 2.55. The summed E-state index contributed by atoms with van der Waals surface area (Å²) in [5, 5.41) is 5.30. The van der Waals surface area contributed by atoms with E-state index in [1.54, 1.807) is 11.3 Å². The molecule has 0 spiro atoms. The molecule has 3 heteroatoms. The van der Waals surface area contributed by atoms with Crippen molar-refractivity contribution in [2.45, 2.75) is 13.0 Å². The minimum absolute atomic E-state index is 0.872. The minimum atomic E-state index is 0.872. The summed E-state index contributed by atoms with van der Waals surface area (Å²) in [7, 11) is 0. The Bertz CT molecular complexity index is 242. The summed E-state index contributed by atoms with van der Waals surface area (Å²) in [6.07, 6.45) is 2.91. The third-order valence-corrected chi connectivity index (χ3v) is 2.53. The summed E-state index contributed by atoms with van der Waals surface area (Å²) in [6, 6.07) is 1.94. The zero-order valence-corrected chi connectivity index (χ0v) is 7.86. The molecule has 0 aliphatic carbocycles. The van der Waals surface area contributed by atoms with E-state index < -0.39 is 0 Å². The van der Waals surface area contributed by atoms with Gasteiger partial charge in [0.25, 0.3) is 0 Å². The summed E-state index contributed by atoms with van der Waals surface area (Å²) in [6.45, 7) is 5.50. The van der Waals surface area contributed by atoms with E-state index >= 15 is 0 Å². The maximum absolute atomic E-state index is 5.71. The van der Waals surface area contributed by atoms with Gasteiger partial charge >= 0.3 is 0 Å². The first kappa shape index (κ1) is 9.29. The molecular formula is C9H14N2S. The van der Waals surface area contributed by atoms with Crippen LogP contribution in [-0.4, -0.2) is 6.54 Å². The zero-order valence-electron chi connectivity index (χ0n) is 7.05. The van der Waals surface area contributed by atoms with Crippen molar-refractivity contribution in [3.63, 3.8) is 0 Å². The van der Waals surface area contributed by atoms with Gasteiger partial charge in [0, 0.05) is 17.1 Å². The van der Waals surface area contributed by atoms with E-state index in [9.17, 15) is 0 Å². The van der Waals surface area contributed by atoms with E-state index in [2.05, 4.69) is 11.9 Å². The lowest BCUT2D eigenvalue weighted by molar-refractivity contribution is 0.704. The van der Waals surface area contributed by atoms with Gasteiger partial charge in [-0.25, -0.2) is 0 Å². The Kier molecular flexibility index (Phi) is 3.84. The third-order valence-electron chi connectivity index (χ3n) is 1.59. The lowest BCUT2D eigenvalue weighted by Crippen LogP contribution is -2.13. The van der Waals surface area contributed by atoms with E-state index in [0.29, 0.717) is 0 Å². The first-order valence-electron chi connectivity index (χ1n) is 3.98. The van der Waals surface area contributed by atoms with Gasteiger partial charge in [-0.1, -0.05) is 6.08 Å². The second-order valence-corrected chi connectivity index (χ2v) is 3.55. The fourth-order valence-electron chi connectivity index (χ4n) is 0.900. The van der Waals surface area contributed by atoms with Gasteiger partial charge in [-0.2, -0.15) is 0 Å². The number of nitrogens with two attached hydrogens (primary N) is 1. The SMILES string of the molecule is C=CCCNCc1sccc1N. The van der Waals surface area contributed by atoms with Crippen molar-refractivity contribution < 1.29 is 0 Å². The minimum Gasteiger partial charge on any atom is -0.398 e. The van der Waals surface area contributed by atoms with Crippen molar-refractivity contribution in [2.24, 2.45) is 0 Å². The van der Waals surface area contributed by atoms with Crippen LogP contribution in [0, 0.1) is 0 Å². The van der Waals surface area contributed by atoms with E-state index in [0.717, 1.165) is 25.2 Å². The topological polar surface area (TPSA) is 38.0 Å². The average Bonchev–Trinajstić information content (AvgIpc) is 2.46. The van der Waals surface area contributed by atoms with Crippen LogP contribution in [0.3, 0.4) is 0 Å². The van der Waals surface area contributed by atoms with Crippen LogP contribution in [0.25, 0.3) is 0 Å². The summed E-state index contributed by atoms with van der Waals surface area (Å²) in [5.74, 6) is 0. The average molecular weight is 182 g/mol. The molecule has 2 nitrogen and oxygen atoms in total. The highest BCUT2D eigenvalue weighted by Gasteiger charge is 1.97. The maximum atomic E-state index is 5.71. The number of nitrogen functional groups attached to an aromatic ring is 1. The predicted octanol–water partition coefficient (Wildman–Crippen LogP) is 2.00. The van der Waals surface area contributed by atoms with Crippen LogP contribution in [0.5, 0.6) is 0 Å². The molecule has 0 saturated carbocycles. The van der Waals surface area contributed by atoms with Crippen LogP contribution in [0.1, 0.15) is 11.3 Å². The molecule has 0 unspecified atom stereocenters. The Morgan fingerprint density at radius 1 is 1.67 bits per heavy atom. The van der Waals surface area contributed by atoms with Gasteiger partial charge in [0.15, 0.2) is 0 Å². The molecule has 0 bridgehead atoms. The number of nitrogens with one attached hydrogen (secondary N) is 1. The highest BCUT2D eigenvalue weighted by molar-refractivity contribution is 7.10. The number of rotatable bonds is 5. The number of anilines is 1. The molecular weight excluding hydrogens is 168 g/mol. The number of hydrogen-bond donors (Lipinski definition) is 2. The molecule has 0 saturated heterocycles. The Labute approximate surface area is 77.1 Å². The fraction of sp³-hybridized carbons (Fsp3) is 0.333. The van der Waals surface area contributed by atoms with Gasteiger partial charge < -0.3 is 11.1 Å². The maximum Gasteiger partial charge on any atom is 0.0468 e. The van der Waals surface area contributed by atoms with E-state index in [4.69, 9.17) is 5.73 Å². The molecule has 0 amide bonds. The molecule has 1 aromatic rings. The molecule has 0 aliphatic rings. The summed E-state index contributed by atoms with van der Waals surface area (Å²) in [4.78, 5) is 1.22. The largest absolute Gasteiger partial charge is 0.398 e. The van der Waals surface area contributed by atoms with Crippen molar-refractivity contribution in [3.05, 3.63) is 29.0 Å². The quantitative estimate of drug-likeness (QED) is 0.540. The van der Waals surface area contributed by atoms with Crippen LogP contribution < -0.4 is 11.1 Å². The van der Waals surface area contributed by atoms with Crippen LogP contribution in [0.15, 0.2) is 24.1 Å². The van der Waals surface area contributed by atoms with E-state index in [-0.39, 0.29) is 0 Å². The van der Waals surface area contributed by atoms with Crippen LogP contribution >= 0.6 is 11.3 Å². The molecule has 1 aromatic heterocycles. The molecule has 1 heterocycles. The molecule has 0 aliphatic heterocycles. The van der Waals surface area contributed by atoms with Crippen LogP contribution in [0.2, 0.25) is 0 Å². The van der Waals surface area contributed by atoms with Gasteiger partial charge in [0.05, 0.1) is 0 Å². The van der Waals surface area contributed by atoms with Crippen molar-refractivity contribution in [1.82, 2.24) is 5.32 Å². The van der Waals surface area contributed by atoms with Crippen LogP contribution in [-0.2, 0) is 6.54 Å². The Hall–Kier alpha value is -0.800. The molecule has 0 atom stereocenters. The Morgan fingerprint density at radius 2 is 2.50 bits per heavy atom. The molecule has 12 heavy (non-hydrogen) atoms. The van der Waals surface area contributed by atoms with Gasteiger partial charge in [-0.3, -0.25) is 0 Å². The van der Waals surface area contributed by atoms with Gasteiger partial charge in [-0.05, 0) is 24.4 Å². The molecule has 3 N–H and O–H groups in total. The van der Waals surface area contributed by atoms with Gasteiger partial charge in [0.1, 0.15) is 0 Å². The molecule has 66 valence electrons. The summed E-state index contributed by atoms with van der Waals surface area (Å²) in [5.41, 5.74) is 6.60. The molecule has 0 aromatic carbocycles. The standard InChI is InChI=1S/C9H14N2S/c1-2-3-5-11-7-9-8(10)4-6-12-9/h2,4,6,11H,1,3,5,7,10H2. The first-order chi connectivity index (χ1) is 5.84. The monoisotopic (exact) mass is 182 g/mol. The normalized spacial score (nSPS) is 10.0. The van der Waals surface area contributed by atoms with Gasteiger partial charge in [-0.15, -0.1) is 17.9 Å². The van der Waals surface area contributed by atoms with Crippen molar-refractivity contribution in [1.29, 1.82) is 0 Å². The van der Waals surface area contributed by atoms with Crippen LogP contribution in [0.4, 0.5) is 5.69 Å². The summed E-state index contributed by atoms with van der Waals surface area (Å²) >= 11 is 1.69. The highest BCUT2D eigenvalue weighted by Crippen LogP contribution is 2.17. The Morgan fingerprint density at radius 3 is 3.08 bits per heavy atom. The molecule has 1 rings (SSSR count). The number of hydrogen-bond acceptors (Lipinski definition) is 3. The zero-order chi connectivity index (χ0) is 8.81. The summed E-state index contributed by atoms with van der Waals surface area (Å²) < 4.78 is 0. The van der Waals surface area contributed by atoms with Gasteiger partial charge in [0.2, 0.25) is 0 Å². The highest BCUT2D eigenvalue weighted by atomic mass is 32.1. The van der Waals surface area contributed by atoms with E-state index in [1.165, 1.54) is 4.88 Å². The molecule has 0 radical (unpaired) electrons. The van der Waals surface area contributed by atoms with Crippen molar-refractivity contribution in [3.8, 4) is 0 Å². The van der Waals surface area contributed by atoms with Crippen molar-refractivity contribution in [2.75, 3.05) is 12.3 Å². The van der Waals surface area contributed by atoms with E-state index in [1.807, 2.05) is 17.5 Å². The third kappa shape index (κ3) is 2.68. The lowest BCUT2D eigenvalue weighted by atomic mass is 10.3. The lowest BCUT2D eigenvalue weighted by Gasteiger charge is -2.00. The Balaban J connectivity index is 2.24. The predicted molar refractivity (Wildman–Crippen MR) is 55.3 cm³/mol. The smallest absolute Gasteiger partial charge is 0.0468 e. The molecule has 0 fully saturated rings. The fourth-order valence-corrected chi connectivity index (χ4v) is 1.67. The second kappa shape index (κ2) is 4.95. The van der Waals surface area contributed by atoms with Crippen molar-refractivity contribution >= 4 is 17.0 Å². The number of thiophene rings is 1. The first-order valence-corrected chi connectivity index (χ1v) is 4.86.